The fourth-order valence-electron chi connectivity index (χ4n) is 4.16. The summed E-state index contributed by atoms with van der Waals surface area (Å²) in [5.41, 5.74) is 2.98. The van der Waals surface area contributed by atoms with E-state index < -0.39 is 6.10 Å². The average Bonchev–Trinajstić information content (AvgIpc) is 3.66. The fraction of sp³-hybridized carbons (Fsp3) is 0.464. The number of hydrogen-bond donors (Lipinski definition) is 1. The Morgan fingerprint density at radius 1 is 1.09 bits per heavy atom. The molecule has 1 N–H and O–H groups in total. The van der Waals surface area contributed by atoms with Gasteiger partial charge in [-0.1, -0.05) is 31.2 Å². The van der Waals surface area contributed by atoms with Gasteiger partial charge in [0.05, 0.1) is 42.9 Å². The van der Waals surface area contributed by atoms with Crippen molar-refractivity contribution in [2.45, 2.75) is 64.8 Å². The van der Waals surface area contributed by atoms with E-state index in [9.17, 15) is 5.11 Å². The minimum absolute atomic E-state index is 0.0951. The van der Waals surface area contributed by atoms with Gasteiger partial charge in [0.25, 0.3) is 0 Å². The van der Waals surface area contributed by atoms with Crippen molar-refractivity contribution in [3.8, 4) is 23.1 Å². The van der Waals surface area contributed by atoms with Crippen molar-refractivity contribution in [2.24, 2.45) is 0 Å². The highest BCUT2D eigenvalue weighted by molar-refractivity contribution is 5.44. The highest BCUT2D eigenvalue weighted by Crippen LogP contribution is 2.36. The highest BCUT2D eigenvalue weighted by Gasteiger charge is 2.33. The topological polar surface area (TPSA) is 69.0 Å². The van der Waals surface area contributed by atoms with Gasteiger partial charge in [-0.3, -0.25) is 4.90 Å². The molecule has 7 heteroatoms. The zero-order chi connectivity index (χ0) is 24.8. The van der Waals surface area contributed by atoms with Crippen LogP contribution in [-0.4, -0.2) is 58.3 Å². The van der Waals surface area contributed by atoms with Gasteiger partial charge in [-0.2, -0.15) is 5.10 Å². The first kappa shape index (κ1) is 25.2. The molecule has 4 rings (SSSR count). The summed E-state index contributed by atoms with van der Waals surface area (Å²) in [5.74, 6) is 2.12. The Morgan fingerprint density at radius 2 is 1.83 bits per heavy atom. The number of para-hydroxylation sites is 1. The van der Waals surface area contributed by atoms with Crippen LogP contribution in [0.15, 0.2) is 54.6 Å². The van der Waals surface area contributed by atoms with Crippen LogP contribution in [0.1, 0.15) is 44.9 Å². The molecular formula is C28H37N3O4. The molecule has 0 amide bonds. The van der Waals surface area contributed by atoms with Gasteiger partial charge in [-0.25, -0.2) is 4.68 Å². The summed E-state index contributed by atoms with van der Waals surface area (Å²) in [6.45, 7) is 7.62. The number of nitrogens with zero attached hydrogens (tertiary/aromatic N) is 3. The summed E-state index contributed by atoms with van der Waals surface area (Å²) in [7, 11) is 1.65. The zero-order valence-corrected chi connectivity index (χ0v) is 21.2. The van der Waals surface area contributed by atoms with Crippen molar-refractivity contribution in [3.63, 3.8) is 0 Å². The molecule has 0 saturated heterocycles. The molecule has 1 unspecified atom stereocenters. The summed E-state index contributed by atoms with van der Waals surface area (Å²) >= 11 is 0. The fourth-order valence-corrected chi connectivity index (χ4v) is 4.16. The van der Waals surface area contributed by atoms with Crippen LogP contribution in [0.3, 0.4) is 0 Å². The first-order valence-corrected chi connectivity index (χ1v) is 12.5. The van der Waals surface area contributed by atoms with Gasteiger partial charge in [-0.15, -0.1) is 0 Å². The third-order valence-electron chi connectivity index (χ3n) is 6.10. The molecule has 1 heterocycles. The van der Waals surface area contributed by atoms with E-state index in [1.165, 1.54) is 0 Å². The maximum Gasteiger partial charge on any atom is 0.227 e. The van der Waals surface area contributed by atoms with E-state index in [0.717, 1.165) is 42.0 Å². The van der Waals surface area contributed by atoms with Crippen LogP contribution in [0, 0.1) is 0 Å². The van der Waals surface area contributed by atoms with Crippen LogP contribution in [0.4, 0.5) is 0 Å². The third-order valence-corrected chi connectivity index (χ3v) is 6.10. The lowest BCUT2D eigenvalue weighted by molar-refractivity contribution is -0.0107. The molecule has 0 aliphatic heterocycles. The van der Waals surface area contributed by atoms with E-state index >= 15 is 0 Å². The number of hydrogen-bond acceptors (Lipinski definition) is 6. The second-order valence-electron chi connectivity index (χ2n) is 9.31. The third kappa shape index (κ3) is 6.63. The van der Waals surface area contributed by atoms with E-state index in [4.69, 9.17) is 19.3 Å². The number of aliphatic hydroxyl groups is 1. The van der Waals surface area contributed by atoms with Gasteiger partial charge in [-0.05, 0) is 57.4 Å². The normalized spacial score (nSPS) is 14.5. The van der Waals surface area contributed by atoms with E-state index in [0.29, 0.717) is 37.4 Å². The average molecular weight is 480 g/mol. The van der Waals surface area contributed by atoms with Crippen LogP contribution in [0.25, 0.3) is 5.69 Å². The minimum atomic E-state index is -0.546. The summed E-state index contributed by atoms with van der Waals surface area (Å²) in [6.07, 6.45) is 2.60. The van der Waals surface area contributed by atoms with Gasteiger partial charge in [0.1, 0.15) is 11.5 Å². The SMILES string of the molecule is CCc1nn(-c2ccccc2)c(Oc2cccc(OC)c2)c1CN(CC(O)COC(C)C)C1CC1. The van der Waals surface area contributed by atoms with Crippen molar-refractivity contribution in [3.05, 3.63) is 65.9 Å². The summed E-state index contributed by atoms with van der Waals surface area (Å²) in [4.78, 5) is 2.35. The molecule has 1 fully saturated rings. The highest BCUT2D eigenvalue weighted by atomic mass is 16.5. The monoisotopic (exact) mass is 479 g/mol. The molecular weight excluding hydrogens is 442 g/mol. The lowest BCUT2D eigenvalue weighted by Gasteiger charge is -2.26. The van der Waals surface area contributed by atoms with Crippen molar-refractivity contribution in [2.75, 3.05) is 20.3 Å². The maximum absolute atomic E-state index is 10.7. The molecule has 7 nitrogen and oxygen atoms in total. The van der Waals surface area contributed by atoms with Gasteiger partial charge >= 0.3 is 0 Å². The molecule has 1 aliphatic rings. The predicted octanol–water partition coefficient (Wildman–Crippen LogP) is 4.99. The van der Waals surface area contributed by atoms with Crippen molar-refractivity contribution >= 4 is 0 Å². The maximum atomic E-state index is 10.7. The van der Waals surface area contributed by atoms with Gasteiger partial charge in [0.15, 0.2) is 0 Å². The quantitative estimate of drug-likeness (QED) is 0.373. The Morgan fingerprint density at radius 3 is 2.49 bits per heavy atom. The van der Waals surface area contributed by atoms with Crippen LogP contribution >= 0.6 is 0 Å². The smallest absolute Gasteiger partial charge is 0.227 e. The molecule has 3 aromatic rings. The Kier molecular flexibility index (Phi) is 8.44. The molecule has 188 valence electrons. The number of aliphatic hydroxyl groups excluding tert-OH is 1. The second kappa shape index (κ2) is 11.7. The number of ether oxygens (including phenoxy) is 3. The molecule has 1 aliphatic carbocycles. The molecule has 35 heavy (non-hydrogen) atoms. The standard InChI is InChI=1S/C28H37N3O4/c1-5-27-26(18-30(21-14-15-21)17-23(32)19-34-20(2)3)28(31(29-27)22-10-7-6-8-11-22)35-25-13-9-12-24(16-25)33-4/h6-13,16,20-21,23,32H,5,14-15,17-19H2,1-4H3. The summed E-state index contributed by atoms with van der Waals surface area (Å²) in [5, 5.41) is 15.6. The lowest BCUT2D eigenvalue weighted by Crippen LogP contribution is -2.36. The number of benzene rings is 2. The van der Waals surface area contributed by atoms with Gasteiger partial charge in [0.2, 0.25) is 5.88 Å². The largest absolute Gasteiger partial charge is 0.497 e. The van der Waals surface area contributed by atoms with Crippen LogP contribution in [0.2, 0.25) is 0 Å². The van der Waals surface area contributed by atoms with Crippen LogP contribution in [0.5, 0.6) is 17.4 Å². The predicted molar refractivity (Wildman–Crippen MR) is 137 cm³/mol. The number of aromatic nitrogens is 2. The second-order valence-corrected chi connectivity index (χ2v) is 9.31. The molecule has 1 atom stereocenters. The van der Waals surface area contributed by atoms with Crippen molar-refractivity contribution in [1.29, 1.82) is 0 Å². The summed E-state index contributed by atoms with van der Waals surface area (Å²) < 4.78 is 19.5. The summed E-state index contributed by atoms with van der Waals surface area (Å²) in [6, 6.07) is 18.1. The molecule has 1 saturated carbocycles. The molecule has 0 radical (unpaired) electrons. The van der Waals surface area contributed by atoms with E-state index in [1.807, 2.05) is 73.1 Å². The Balaban J connectivity index is 1.68. The van der Waals surface area contributed by atoms with E-state index in [1.54, 1.807) is 7.11 Å². The van der Waals surface area contributed by atoms with Crippen molar-refractivity contribution < 1.29 is 19.3 Å². The molecule has 2 aromatic carbocycles. The van der Waals surface area contributed by atoms with Gasteiger partial charge in [0, 0.05) is 25.2 Å². The van der Waals surface area contributed by atoms with Crippen LogP contribution < -0.4 is 9.47 Å². The first-order chi connectivity index (χ1) is 17.0. The number of methoxy groups -OCH3 is 1. The zero-order valence-electron chi connectivity index (χ0n) is 21.2. The number of aryl methyl sites for hydroxylation is 1. The minimum Gasteiger partial charge on any atom is -0.497 e. The molecule has 0 bridgehead atoms. The molecule has 1 aromatic heterocycles. The number of rotatable bonds is 13. The lowest BCUT2D eigenvalue weighted by atomic mass is 10.1. The van der Waals surface area contributed by atoms with Crippen molar-refractivity contribution in [1.82, 2.24) is 14.7 Å². The molecule has 0 spiro atoms. The Labute approximate surface area is 208 Å². The van der Waals surface area contributed by atoms with Crippen LogP contribution in [-0.2, 0) is 17.7 Å². The first-order valence-electron chi connectivity index (χ1n) is 12.5. The van der Waals surface area contributed by atoms with E-state index in [2.05, 4.69) is 11.8 Å². The van der Waals surface area contributed by atoms with E-state index in [-0.39, 0.29) is 6.10 Å². The Bertz CT molecular complexity index is 1080. The Hall–Kier alpha value is -2.87. The van der Waals surface area contributed by atoms with Gasteiger partial charge < -0.3 is 19.3 Å².